The second-order valence-corrected chi connectivity index (χ2v) is 4.45. The van der Waals surface area contributed by atoms with Crippen molar-refractivity contribution in [2.24, 2.45) is 0 Å². The molecule has 96 valence electrons. The van der Waals surface area contributed by atoms with Gasteiger partial charge in [-0.15, -0.1) is 12.4 Å². The Morgan fingerprint density at radius 2 is 2.29 bits per heavy atom. The lowest BCUT2D eigenvalue weighted by Gasteiger charge is -2.24. The zero-order valence-corrected chi connectivity index (χ0v) is 11.0. The van der Waals surface area contributed by atoms with Gasteiger partial charge in [0, 0.05) is 19.1 Å². The molecule has 0 aliphatic carbocycles. The van der Waals surface area contributed by atoms with Crippen molar-refractivity contribution < 1.29 is 4.39 Å². The van der Waals surface area contributed by atoms with Crippen molar-refractivity contribution in [1.82, 2.24) is 10.2 Å². The predicted octanol–water partition coefficient (Wildman–Crippen LogP) is 2.43. The van der Waals surface area contributed by atoms with Crippen molar-refractivity contribution in [1.29, 1.82) is 0 Å². The van der Waals surface area contributed by atoms with Crippen molar-refractivity contribution in [3.05, 3.63) is 35.6 Å². The molecule has 1 atom stereocenters. The van der Waals surface area contributed by atoms with Gasteiger partial charge in [0.2, 0.25) is 0 Å². The summed E-state index contributed by atoms with van der Waals surface area (Å²) in [5.74, 6) is -0.137. The zero-order valence-electron chi connectivity index (χ0n) is 10.2. The second kappa shape index (κ2) is 6.94. The van der Waals surface area contributed by atoms with Crippen LogP contribution in [-0.2, 0) is 6.54 Å². The summed E-state index contributed by atoms with van der Waals surface area (Å²) in [6, 6.07) is 7.52. The fourth-order valence-corrected chi connectivity index (χ4v) is 2.44. The van der Waals surface area contributed by atoms with Gasteiger partial charge in [0.1, 0.15) is 5.82 Å². The Morgan fingerprint density at radius 3 is 3.00 bits per heavy atom. The van der Waals surface area contributed by atoms with Crippen LogP contribution in [0.1, 0.15) is 18.4 Å². The number of benzene rings is 1. The van der Waals surface area contributed by atoms with Crippen LogP contribution >= 0.6 is 12.4 Å². The maximum atomic E-state index is 13.1. The Morgan fingerprint density at radius 1 is 1.47 bits per heavy atom. The average molecular weight is 259 g/mol. The molecule has 0 aromatic heterocycles. The minimum Gasteiger partial charge on any atom is -0.318 e. The first kappa shape index (κ1) is 14.4. The van der Waals surface area contributed by atoms with E-state index in [-0.39, 0.29) is 18.2 Å². The summed E-state index contributed by atoms with van der Waals surface area (Å²) in [6.45, 7) is 3.02. The van der Waals surface area contributed by atoms with Crippen LogP contribution in [0.15, 0.2) is 24.3 Å². The molecule has 0 bridgehead atoms. The van der Waals surface area contributed by atoms with E-state index in [1.54, 1.807) is 12.1 Å². The molecule has 1 fully saturated rings. The van der Waals surface area contributed by atoms with Crippen LogP contribution in [0.3, 0.4) is 0 Å². The van der Waals surface area contributed by atoms with Gasteiger partial charge >= 0.3 is 0 Å². The maximum Gasteiger partial charge on any atom is 0.123 e. The van der Waals surface area contributed by atoms with E-state index < -0.39 is 0 Å². The molecule has 1 unspecified atom stereocenters. The van der Waals surface area contributed by atoms with Gasteiger partial charge in [0.15, 0.2) is 0 Å². The molecule has 0 spiro atoms. The Balaban J connectivity index is 0.00000144. The first-order valence-corrected chi connectivity index (χ1v) is 5.92. The third-order valence-electron chi connectivity index (χ3n) is 3.21. The number of likely N-dealkylation sites (N-methyl/N-ethyl adjacent to an activating group) is 1. The standard InChI is InChI=1S/C13H19FN2.ClH/c1-15-9-13-6-3-7-16(13)10-11-4-2-5-12(14)8-11;/h2,4-5,8,13,15H,3,6-7,9-10H2,1H3;1H. The quantitative estimate of drug-likeness (QED) is 0.893. The van der Waals surface area contributed by atoms with E-state index in [0.29, 0.717) is 6.04 Å². The average Bonchev–Trinajstić information content (AvgIpc) is 2.66. The molecule has 0 saturated carbocycles. The van der Waals surface area contributed by atoms with E-state index in [4.69, 9.17) is 0 Å². The highest BCUT2D eigenvalue weighted by molar-refractivity contribution is 5.85. The summed E-state index contributed by atoms with van der Waals surface area (Å²) in [4.78, 5) is 2.44. The first-order valence-electron chi connectivity index (χ1n) is 5.92. The topological polar surface area (TPSA) is 15.3 Å². The summed E-state index contributed by atoms with van der Waals surface area (Å²) in [7, 11) is 1.98. The van der Waals surface area contributed by atoms with Crippen LogP contribution in [0.5, 0.6) is 0 Å². The van der Waals surface area contributed by atoms with Crippen molar-refractivity contribution in [3.63, 3.8) is 0 Å². The number of hydrogen-bond donors (Lipinski definition) is 1. The number of rotatable bonds is 4. The van der Waals surface area contributed by atoms with Gasteiger partial charge in [-0.25, -0.2) is 4.39 Å². The highest BCUT2D eigenvalue weighted by Crippen LogP contribution is 2.19. The summed E-state index contributed by atoms with van der Waals surface area (Å²) in [6.07, 6.45) is 2.50. The van der Waals surface area contributed by atoms with Crippen molar-refractivity contribution >= 4 is 12.4 Å². The van der Waals surface area contributed by atoms with Gasteiger partial charge in [-0.3, -0.25) is 4.90 Å². The SMILES string of the molecule is CNCC1CCCN1Cc1cccc(F)c1.Cl. The van der Waals surface area contributed by atoms with Crippen molar-refractivity contribution in [2.45, 2.75) is 25.4 Å². The molecule has 1 N–H and O–H groups in total. The van der Waals surface area contributed by atoms with Crippen LogP contribution in [0, 0.1) is 5.82 Å². The molecular formula is C13H20ClFN2. The molecule has 1 aromatic carbocycles. The summed E-state index contributed by atoms with van der Waals surface area (Å²) in [5.41, 5.74) is 1.07. The molecule has 17 heavy (non-hydrogen) atoms. The Kier molecular flexibility index (Phi) is 5.89. The molecule has 4 heteroatoms. The normalized spacial score (nSPS) is 20.2. The van der Waals surface area contributed by atoms with Gasteiger partial charge in [-0.05, 0) is 44.1 Å². The molecule has 2 rings (SSSR count). The Bertz CT molecular complexity index is 346. The van der Waals surface area contributed by atoms with Gasteiger partial charge in [0.05, 0.1) is 0 Å². The lowest BCUT2D eigenvalue weighted by Crippen LogP contribution is -2.36. The van der Waals surface area contributed by atoms with Crippen LogP contribution in [-0.4, -0.2) is 31.1 Å². The van der Waals surface area contributed by atoms with Crippen LogP contribution < -0.4 is 5.32 Å². The molecule has 1 aliphatic rings. The summed E-state index contributed by atoms with van der Waals surface area (Å²) < 4.78 is 13.1. The first-order chi connectivity index (χ1) is 7.79. The smallest absolute Gasteiger partial charge is 0.123 e. The number of nitrogens with zero attached hydrogens (tertiary/aromatic N) is 1. The van der Waals surface area contributed by atoms with E-state index in [2.05, 4.69) is 10.2 Å². The van der Waals surface area contributed by atoms with Crippen LogP contribution in [0.25, 0.3) is 0 Å². The maximum absolute atomic E-state index is 13.1. The fourth-order valence-electron chi connectivity index (χ4n) is 2.44. The monoisotopic (exact) mass is 258 g/mol. The molecule has 1 aromatic rings. The lowest BCUT2D eigenvalue weighted by molar-refractivity contribution is 0.242. The molecule has 2 nitrogen and oxygen atoms in total. The molecule has 1 aliphatic heterocycles. The highest BCUT2D eigenvalue weighted by Gasteiger charge is 2.23. The molecule has 1 saturated heterocycles. The van der Waals surface area contributed by atoms with E-state index in [9.17, 15) is 4.39 Å². The minimum atomic E-state index is -0.137. The number of halogens is 2. The third-order valence-corrected chi connectivity index (χ3v) is 3.21. The molecular weight excluding hydrogens is 239 g/mol. The fraction of sp³-hybridized carbons (Fsp3) is 0.538. The largest absolute Gasteiger partial charge is 0.318 e. The third kappa shape index (κ3) is 3.95. The van der Waals surface area contributed by atoms with E-state index in [0.717, 1.165) is 25.2 Å². The van der Waals surface area contributed by atoms with Gasteiger partial charge in [-0.1, -0.05) is 12.1 Å². The summed E-state index contributed by atoms with van der Waals surface area (Å²) >= 11 is 0. The van der Waals surface area contributed by atoms with E-state index in [1.165, 1.54) is 18.9 Å². The van der Waals surface area contributed by atoms with Crippen LogP contribution in [0.4, 0.5) is 4.39 Å². The van der Waals surface area contributed by atoms with Gasteiger partial charge in [-0.2, -0.15) is 0 Å². The highest BCUT2D eigenvalue weighted by atomic mass is 35.5. The van der Waals surface area contributed by atoms with Crippen molar-refractivity contribution in [3.8, 4) is 0 Å². The predicted molar refractivity (Wildman–Crippen MR) is 71.0 cm³/mol. The lowest BCUT2D eigenvalue weighted by atomic mass is 10.2. The second-order valence-electron chi connectivity index (χ2n) is 4.45. The van der Waals surface area contributed by atoms with Crippen molar-refractivity contribution in [2.75, 3.05) is 20.1 Å². The molecule has 1 heterocycles. The van der Waals surface area contributed by atoms with E-state index >= 15 is 0 Å². The summed E-state index contributed by atoms with van der Waals surface area (Å²) in [5, 5.41) is 3.22. The minimum absolute atomic E-state index is 0. The Hall–Kier alpha value is -0.640. The van der Waals surface area contributed by atoms with Gasteiger partial charge in [0.25, 0.3) is 0 Å². The molecule has 0 radical (unpaired) electrons. The Labute approximate surface area is 109 Å². The number of likely N-dealkylation sites (tertiary alicyclic amines) is 1. The van der Waals surface area contributed by atoms with Gasteiger partial charge < -0.3 is 5.32 Å². The molecule has 0 amide bonds. The van der Waals surface area contributed by atoms with E-state index in [1.807, 2.05) is 13.1 Å². The zero-order chi connectivity index (χ0) is 11.4. The number of hydrogen-bond acceptors (Lipinski definition) is 2. The van der Waals surface area contributed by atoms with Crippen LogP contribution in [0.2, 0.25) is 0 Å². The number of nitrogens with one attached hydrogen (secondary N) is 1.